The smallest absolute Gasteiger partial charge is 0.137 e. The molecule has 6 rings (SSSR count). The topological polar surface area (TPSA) is 74.3 Å². The van der Waals surface area contributed by atoms with E-state index in [0.29, 0.717) is 12.1 Å². The summed E-state index contributed by atoms with van der Waals surface area (Å²) in [7, 11) is 0. The Labute approximate surface area is 274 Å². The molecule has 0 saturated carbocycles. The van der Waals surface area contributed by atoms with Crippen LogP contribution in [-0.2, 0) is 0 Å². The predicted octanol–water partition coefficient (Wildman–Crippen LogP) is 9.71. The maximum atomic E-state index is 9.84. The van der Waals surface area contributed by atoms with Gasteiger partial charge in [0.05, 0.1) is 6.61 Å². The second kappa shape index (κ2) is 13.5. The van der Waals surface area contributed by atoms with Crippen LogP contribution >= 0.6 is 11.3 Å². The van der Waals surface area contributed by atoms with Crippen LogP contribution in [-0.4, -0.2) is 18.3 Å². The summed E-state index contributed by atoms with van der Waals surface area (Å²) >= 11 is 1.69. The largest absolute Gasteiger partial charge is 0.395 e. The zero-order valence-corrected chi connectivity index (χ0v) is 26.5. The molecular weight excluding hydrogens is 585 g/mol. The summed E-state index contributed by atoms with van der Waals surface area (Å²) in [5.41, 5.74) is 9.99. The molecule has 0 saturated heterocycles. The monoisotopic (exact) mass is 616 g/mol. The van der Waals surface area contributed by atoms with Gasteiger partial charge in [-0.1, -0.05) is 65.7 Å². The highest BCUT2D eigenvalue weighted by Gasteiger charge is 2.23. The number of aliphatic hydroxyl groups excluding tert-OH is 1. The van der Waals surface area contributed by atoms with E-state index < -0.39 is 0 Å². The minimum atomic E-state index is -0.0354. The summed E-state index contributed by atoms with van der Waals surface area (Å²) in [6.07, 6.45) is 5.88. The van der Waals surface area contributed by atoms with Crippen molar-refractivity contribution in [1.29, 1.82) is 10.5 Å². The first-order valence-corrected chi connectivity index (χ1v) is 15.9. The lowest BCUT2D eigenvalue weighted by Gasteiger charge is -2.32. The van der Waals surface area contributed by atoms with Gasteiger partial charge < -0.3 is 14.9 Å². The van der Waals surface area contributed by atoms with Crippen molar-refractivity contribution in [3.05, 3.63) is 154 Å². The third kappa shape index (κ3) is 6.27. The third-order valence-electron chi connectivity index (χ3n) is 7.94. The number of aliphatic hydroxyl groups is 1. The molecule has 1 aliphatic rings. The molecule has 0 unspecified atom stereocenters. The number of aryl methyl sites for hydroxylation is 2. The minimum Gasteiger partial charge on any atom is -0.395 e. The van der Waals surface area contributed by atoms with Gasteiger partial charge in [0.15, 0.2) is 0 Å². The van der Waals surface area contributed by atoms with E-state index in [1.54, 1.807) is 11.3 Å². The van der Waals surface area contributed by atoms with Gasteiger partial charge in [0.25, 0.3) is 0 Å². The average molecular weight is 617 g/mol. The van der Waals surface area contributed by atoms with Crippen molar-refractivity contribution in [2.75, 3.05) is 23.0 Å². The first-order valence-electron chi connectivity index (χ1n) is 15.0. The number of nitrogens with zero attached hydrogens (tertiary/aromatic N) is 4. The van der Waals surface area contributed by atoms with E-state index in [2.05, 4.69) is 104 Å². The number of anilines is 4. The zero-order chi connectivity index (χ0) is 32.0. The predicted molar refractivity (Wildman–Crippen MR) is 190 cm³/mol. The van der Waals surface area contributed by atoms with Crippen LogP contribution in [0.3, 0.4) is 0 Å². The van der Waals surface area contributed by atoms with Gasteiger partial charge in [-0.3, -0.25) is 0 Å². The number of rotatable bonds is 8. The van der Waals surface area contributed by atoms with Crippen molar-refractivity contribution in [2.24, 2.45) is 0 Å². The second-order valence-electron chi connectivity index (χ2n) is 11.1. The SMILES string of the molecule is Cc1ccc(N(c2ccc(C)cc2)c2ccc(-c3ccc(/C=C/C4=CC(=C(C#N)C#N)c5ccccc5N4CCO)s3)cc2)cc1. The number of benzene rings is 4. The second-order valence-corrected chi connectivity index (χ2v) is 12.2. The molecule has 5 nitrogen and oxygen atoms in total. The molecule has 6 heteroatoms. The Kier molecular flexibility index (Phi) is 8.94. The van der Waals surface area contributed by atoms with Gasteiger partial charge in [0, 0.05) is 55.9 Å². The summed E-state index contributed by atoms with van der Waals surface area (Å²) in [4.78, 5) is 6.50. The number of thiophene rings is 1. The van der Waals surface area contributed by atoms with Crippen LogP contribution in [0.25, 0.3) is 22.1 Å². The molecule has 0 fully saturated rings. The fourth-order valence-corrected chi connectivity index (χ4v) is 6.51. The van der Waals surface area contributed by atoms with E-state index >= 15 is 0 Å². The molecule has 224 valence electrons. The molecule has 1 aromatic heterocycles. The minimum absolute atomic E-state index is 0.0354. The van der Waals surface area contributed by atoms with Crippen LogP contribution in [0, 0.1) is 36.5 Å². The van der Waals surface area contributed by atoms with E-state index in [4.69, 9.17) is 0 Å². The maximum Gasteiger partial charge on any atom is 0.137 e. The Balaban J connectivity index is 1.29. The molecule has 2 heterocycles. The van der Waals surface area contributed by atoms with Crippen molar-refractivity contribution in [1.82, 2.24) is 0 Å². The third-order valence-corrected chi connectivity index (χ3v) is 9.04. The van der Waals surface area contributed by atoms with Gasteiger partial charge in [-0.2, -0.15) is 10.5 Å². The highest BCUT2D eigenvalue weighted by molar-refractivity contribution is 7.16. The first-order chi connectivity index (χ1) is 22.5. The van der Waals surface area contributed by atoms with Crippen LogP contribution in [0.2, 0.25) is 0 Å². The molecule has 1 aliphatic heterocycles. The van der Waals surface area contributed by atoms with E-state index in [1.807, 2.05) is 59.5 Å². The van der Waals surface area contributed by atoms with Gasteiger partial charge in [-0.05, 0) is 92.2 Å². The van der Waals surface area contributed by atoms with Crippen molar-refractivity contribution in [3.63, 3.8) is 0 Å². The summed E-state index contributed by atoms with van der Waals surface area (Å²) in [5.74, 6) is 0. The van der Waals surface area contributed by atoms with Crippen molar-refractivity contribution in [2.45, 2.75) is 13.8 Å². The van der Waals surface area contributed by atoms with Gasteiger partial charge in [0.2, 0.25) is 0 Å². The molecule has 4 aromatic carbocycles. The lowest BCUT2D eigenvalue weighted by atomic mass is 9.93. The first kappa shape index (κ1) is 30.4. The van der Waals surface area contributed by atoms with Crippen LogP contribution in [0.5, 0.6) is 0 Å². The lowest BCUT2D eigenvalue weighted by Crippen LogP contribution is -2.28. The Morgan fingerprint density at radius 2 is 1.35 bits per heavy atom. The average Bonchev–Trinajstić information content (AvgIpc) is 3.57. The number of allylic oxidation sites excluding steroid dienone is 4. The molecule has 0 bridgehead atoms. The summed E-state index contributed by atoms with van der Waals surface area (Å²) < 4.78 is 0. The standard InChI is InChI=1S/C40H32N4OS/c1-28-7-13-32(14-8-28)44(33-15-9-29(2)10-16-33)34-17-11-30(12-18-34)40-22-21-36(46-40)20-19-35-25-38(31(26-41)27-42)37-5-3-4-6-39(37)43(35)23-24-45/h3-22,25,45H,23-24H2,1-2H3/b20-19+. The van der Waals surface area contributed by atoms with Gasteiger partial charge >= 0.3 is 0 Å². The van der Waals surface area contributed by atoms with Crippen LogP contribution in [0.4, 0.5) is 22.7 Å². The number of para-hydroxylation sites is 1. The molecule has 0 amide bonds. The number of hydrogen-bond acceptors (Lipinski definition) is 6. The molecule has 0 radical (unpaired) electrons. The van der Waals surface area contributed by atoms with E-state index in [0.717, 1.165) is 49.3 Å². The molecule has 46 heavy (non-hydrogen) atoms. The number of hydrogen-bond donors (Lipinski definition) is 1. The Morgan fingerprint density at radius 3 is 1.93 bits per heavy atom. The Hall–Kier alpha value is -5.66. The summed E-state index contributed by atoms with van der Waals surface area (Å²) in [6.45, 7) is 4.55. The highest BCUT2D eigenvalue weighted by Crippen LogP contribution is 2.39. The van der Waals surface area contributed by atoms with Gasteiger partial charge in [-0.25, -0.2) is 0 Å². The van der Waals surface area contributed by atoms with Gasteiger partial charge in [-0.15, -0.1) is 11.3 Å². The van der Waals surface area contributed by atoms with E-state index in [-0.39, 0.29) is 12.2 Å². The van der Waals surface area contributed by atoms with Crippen molar-refractivity contribution < 1.29 is 5.11 Å². The van der Waals surface area contributed by atoms with Crippen LogP contribution in [0.1, 0.15) is 21.6 Å². The number of β-amino-alcohol motifs (C(OH)–C–C–N with tert-alkyl or cyclic N) is 1. The lowest BCUT2D eigenvalue weighted by molar-refractivity contribution is 0.304. The van der Waals surface area contributed by atoms with Crippen molar-refractivity contribution >= 4 is 45.7 Å². The zero-order valence-electron chi connectivity index (χ0n) is 25.7. The quantitative estimate of drug-likeness (QED) is 0.176. The number of nitriles is 2. The molecule has 0 aliphatic carbocycles. The van der Waals surface area contributed by atoms with Crippen LogP contribution in [0.15, 0.2) is 133 Å². The molecule has 1 N–H and O–H groups in total. The maximum absolute atomic E-state index is 9.84. The van der Waals surface area contributed by atoms with Crippen molar-refractivity contribution in [3.8, 4) is 22.6 Å². The molecule has 0 spiro atoms. The molecule has 0 atom stereocenters. The molecular formula is C40H32N4OS. The van der Waals surface area contributed by atoms with Gasteiger partial charge in [0.1, 0.15) is 17.7 Å². The summed E-state index contributed by atoms with van der Waals surface area (Å²) in [6, 6.07) is 41.8. The van der Waals surface area contributed by atoms with E-state index in [9.17, 15) is 15.6 Å². The fraction of sp³-hybridized carbons (Fsp3) is 0.100. The normalized spacial score (nSPS) is 12.3. The summed E-state index contributed by atoms with van der Waals surface area (Å²) in [5, 5.41) is 29.1. The number of fused-ring (bicyclic) bond motifs is 1. The Bertz CT molecular complexity index is 1980. The van der Waals surface area contributed by atoms with Crippen LogP contribution < -0.4 is 9.80 Å². The molecule has 5 aromatic rings. The fourth-order valence-electron chi connectivity index (χ4n) is 5.59. The van der Waals surface area contributed by atoms with E-state index in [1.165, 1.54) is 11.1 Å². The Morgan fingerprint density at radius 1 is 0.761 bits per heavy atom. The highest BCUT2D eigenvalue weighted by atomic mass is 32.1.